The number of ether oxygens (including phenoxy) is 1. The Kier molecular flexibility index (Phi) is 4.20. The Bertz CT molecular complexity index is 818. The van der Waals surface area contributed by atoms with E-state index in [0.717, 1.165) is 18.4 Å². The number of aromatic nitrogens is 1. The molecule has 2 amide bonds. The van der Waals surface area contributed by atoms with Gasteiger partial charge < -0.3 is 15.0 Å². The molecule has 1 aromatic carbocycles. The number of alkyl halides is 3. The summed E-state index contributed by atoms with van der Waals surface area (Å²) in [6.45, 7) is -0.707. The van der Waals surface area contributed by atoms with Crippen molar-refractivity contribution in [2.24, 2.45) is 5.92 Å². The van der Waals surface area contributed by atoms with Gasteiger partial charge in [-0.1, -0.05) is 30.3 Å². The standard InChI is InChI=1S/C19H18F3N3O2/c20-19(21,22)12-27-16-7-6-15(10-23-16)24-17(26)25-11-13-8-18(25,9-13)14-4-2-1-3-5-14/h1-7,10,13H,8-9,11-12H2,(H,24,26). The van der Waals surface area contributed by atoms with Crippen LogP contribution in [0.4, 0.5) is 23.7 Å². The third-order valence-corrected chi connectivity index (χ3v) is 5.14. The number of carbonyl (C=O) groups is 1. The van der Waals surface area contributed by atoms with Crippen molar-refractivity contribution in [2.75, 3.05) is 18.5 Å². The Balaban J connectivity index is 1.42. The van der Waals surface area contributed by atoms with Crippen LogP contribution in [0.3, 0.4) is 0 Å². The van der Waals surface area contributed by atoms with Gasteiger partial charge in [-0.2, -0.15) is 13.2 Å². The number of amides is 2. The molecule has 1 saturated carbocycles. The molecular formula is C19H18F3N3O2. The van der Waals surface area contributed by atoms with Crippen LogP contribution in [0.5, 0.6) is 5.88 Å². The van der Waals surface area contributed by atoms with Crippen molar-refractivity contribution in [3.05, 3.63) is 54.2 Å². The number of anilines is 1. The van der Waals surface area contributed by atoms with Gasteiger partial charge in [0.15, 0.2) is 6.61 Å². The number of carbonyl (C=O) groups excluding carboxylic acids is 1. The second kappa shape index (κ2) is 6.44. The number of rotatable bonds is 4. The van der Waals surface area contributed by atoms with Crippen LogP contribution in [-0.2, 0) is 5.54 Å². The van der Waals surface area contributed by atoms with Gasteiger partial charge in [0.25, 0.3) is 0 Å². The lowest BCUT2D eigenvalue weighted by molar-refractivity contribution is -0.154. The third kappa shape index (κ3) is 3.43. The molecule has 2 bridgehead atoms. The van der Waals surface area contributed by atoms with Gasteiger partial charge >= 0.3 is 12.2 Å². The molecule has 27 heavy (non-hydrogen) atoms. The molecule has 2 aromatic rings. The number of fused-ring (bicyclic) bond motifs is 1. The number of nitrogens with one attached hydrogen (secondary N) is 1. The molecule has 142 valence electrons. The molecule has 3 aliphatic rings. The zero-order valence-electron chi connectivity index (χ0n) is 14.4. The third-order valence-electron chi connectivity index (χ3n) is 5.14. The summed E-state index contributed by atoms with van der Waals surface area (Å²) in [6, 6.07) is 12.5. The minimum atomic E-state index is -4.42. The number of pyridine rings is 1. The van der Waals surface area contributed by atoms with Crippen molar-refractivity contribution in [3.8, 4) is 5.88 Å². The van der Waals surface area contributed by atoms with Crippen molar-refractivity contribution in [1.29, 1.82) is 0 Å². The van der Waals surface area contributed by atoms with E-state index in [1.807, 2.05) is 35.2 Å². The van der Waals surface area contributed by atoms with E-state index in [2.05, 4.69) is 15.0 Å². The van der Waals surface area contributed by atoms with Crippen molar-refractivity contribution in [3.63, 3.8) is 0 Å². The van der Waals surface area contributed by atoms with Gasteiger partial charge in [-0.3, -0.25) is 0 Å². The predicted octanol–water partition coefficient (Wildman–Crippen LogP) is 4.18. The van der Waals surface area contributed by atoms with Gasteiger partial charge in [0.1, 0.15) is 0 Å². The summed E-state index contributed by atoms with van der Waals surface area (Å²) in [6.07, 6.45) is -1.23. The van der Waals surface area contributed by atoms with E-state index in [-0.39, 0.29) is 17.5 Å². The van der Waals surface area contributed by atoms with Crippen LogP contribution < -0.4 is 10.1 Å². The SMILES string of the molecule is O=C(Nc1ccc(OCC(F)(F)F)nc1)N1CC2CC1(c1ccccc1)C2. The van der Waals surface area contributed by atoms with E-state index in [1.165, 1.54) is 18.3 Å². The molecule has 0 unspecified atom stereocenters. The maximum absolute atomic E-state index is 12.8. The summed E-state index contributed by atoms with van der Waals surface area (Å²) < 4.78 is 41.1. The number of halogens is 3. The van der Waals surface area contributed by atoms with E-state index in [9.17, 15) is 18.0 Å². The largest absolute Gasteiger partial charge is 0.468 e. The molecule has 5 rings (SSSR count). The number of urea groups is 1. The molecule has 3 heterocycles. The first-order chi connectivity index (χ1) is 12.9. The topological polar surface area (TPSA) is 54.5 Å². The number of hydrogen-bond acceptors (Lipinski definition) is 3. The molecule has 0 radical (unpaired) electrons. The number of nitrogens with zero attached hydrogens (tertiary/aromatic N) is 2. The van der Waals surface area contributed by atoms with Gasteiger partial charge in [-0.15, -0.1) is 0 Å². The molecule has 2 saturated heterocycles. The Labute approximate surface area is 154 Å². The molecule has 1 aliphatic carbocycles. The summed E-state index contributed by atoms with van der Waals surface area (Å²) in [4.78, 5) is 18.4. The average molecular weight is 377 g/mol. The van der Waals surface area contributed by atoms with Crippen LogP contribution >= 0.6 is 0 Å². The van der Waals surface area contributed by atoms with Crippen molar-refractivity contribution in [1.82, 2.24) is 9.88 Å². The predicted molar refractivity (Wildman–Crippen MR) is 92.4 cm³/mol. The van der Waals surface area contributed by atoms with Crippen LogP contribution in [0.15, 0.2) is 48.7 Å². The quantitative estimate of drug-likeness (QED) is 0.870. The van der Waals surface area contributed by atoms with E-state index in [4.69, 9.17) is 0 Å². The summed E-state index contributed by atoms with van der Waals surface area (Å²) in [7, 11) is 0. The molecule has 8 heteroatoms. The van der Waals surface area contributed by atoms with Gasteiger partial charge in [-0.25, -0.2) is 9.78 Å². The average Bonchev–Trinajstić information content (AvgIpc) is 3.18. The highest BCUT2D eigenvalue weighted by atomic mass is 19.4. The second-order valence-corrected chi connectivity index (χ2v) is 7.00. The lowest BCUT2D eigenvalue weighted by Gasteiger charge is -2.42. The van der Waals surface area contributed by atoms with Crippen molar-refractivity contribution >= 4 is 11.7 Å². The summed E-state index contributed by atoms with van der Waals surface area (Å²) >= 11 is 0. The zero-order chi connectivity index (χ0) is 19.1. The van der Waals surface area contributed by atoms with Gasteiger partial charge in [0, 0.05) is 12.6 Å². The lowest BCUT2D eigenvalue weighted by atomic mass is 9.69. The lowest BCUT2D eigenvalue weighted by Crippen LogP contribution is -2.47. The molecule has 2 aliphatic heterocycles. The Morgan fingerprint density at radius 1 is 1.22 bits per heavy atom. The minimum Gasteiger partial charge on any atom is -0.468 e. The van der Waals surface area contributed by atoms with E-state index >= 15 is 0 Å². The van der Waals surface area contributed by atoms with Crippen LogP contribution in [0.1, 0.15) is 18.4 Å². The summed E-state index contributed by atoms with van der Waals surface area (Å²) in [5.41, 5.74) is 1.27. The molecule has 1 N–H and O–H groups in total. The first-order valence-corrected chi connectivity index (χ1v) is 8.65. The van der Waals surface area contributed by atoms with E-state index in [1.54, 1.807) is 0 Å². The highest BCUT2D eigenvalue weighted by Gasteiger charge is 2.58. The minimum absolute atomic E-state index is 0.144. The second-order valence-electron chi connectivity index (χ2n) is 7.00. The van der Waals surface area contributed by atoms with Gasteiger partial charge in [0.2, 0.25) is 5.88 Å². The van der Waals surface area contributed by atoms with Gasteiger partial charge in [-0.05, 0) is 30.4 Å². The van der Waals surface area contributed by atoms with Crippen LogP contribution in [0, 0.1) is 5.92 Å². The molecule has 5 nitrogen and oxygen atoms in total. The number of benzene rings is 1. The van der Waals surface area contributed by atoms with Crippen LogP contribution in [0.25, 0.3) is 0 Å². The first-order valence-electron chi connectivity index (χ1n) is 8.65. The Morgan fingerprint density at radius 2 is 1.96 bits per heavy atom. The van der Waals surface area contributed by atoms with Crippen molar-refractivity contribution in [2.45, 2.75) is 24.6 Å². The smallest absolute Gasteiger partial charge is 0.422 e. The van der Waals surface area contributed by atoms with Gasteiger partial charge in [0.05, 0.1) is 17.4 Å². The zero-order valence-corrected chi connectivity index (χ0v) is 14.4. The monoisotopic (exact) mass is 377 g/mol. The van der Waals surface area contributed by atoms with E-state index < -0.39 is 12.8 Å². The van der Waals surface area contributed by atoms with E-state index in [0.29, 0.717) is 18.2 Å². The molecule has 0 atom stereocenters. The molecule has 1 aromatic heterocycles. The normalized spacial score (nSPS) is 23.7. The summed E-state index contributed by atoms with van der Waals surface area (Å²) in [5.74, 6) is 0.363. The highest BCUT2D eigenvalue weighted by molar-refractivity contribution is 5.90. The van der Waals surface area contributed by atoms with Crippen LogP contribution in [0.2, 0.25) is 0 Å². The van der Waals surface area contributed by atoms with Crippen LogP contribution in [-0.4, -0.2) is 35.2 Å². The molecule has 0 spiro atoms. The Morgan fingerprint density at radius 3 is 2.59 bits per heavy atom. The first kappa shape index (κ1) is 17.6. The fraction of sp³-hybridized carbons (Fsp3) is 0.368. The highest BCUT2D eigenvalue weighted by Crippen LogP contribution is 2.57. The maximum Gasteiger partial charge on any atom is 0.422 e. The Hall–Kier alpha value is -2.77. The fourth-order valence-electron chi connectivity index (χ4n) is 3.98. The summed E-state index contributed by atoms with van der Waals surface area (Å²) in [5, 5.41) is 2.78. The number of hydrogen-bond donors (Lipinski definition) is 1. The van der Waals surface area contributed by atoms with Crippen molar-refractivity contribution < 1.29 is 22.7 Å². The fourth-order valence-corrected chi connectivity index (χ4v) is 3.98. The molecule has 3 fully saturated rings. The molecular weight excluding hydrogens is 359 g/mol. The maximum atomic E-state index is 12.8.